The van der Waals surface area contributed by atoms with E-state index in [1.165, 1.54) is 0 Å². The Bertz CT molecular complexity index is 730. The van der Waals surface area contributed by atoms with Gasteiger partial charge in [0.05, 0.1) is 12.1 Å². The summed E-state index contributed by atoms with van der Waals surface area (Å²) in [6, 6.07) is 14.2. The van der Waals surface area contributed by atoms with Crippen LogP contribution in [0.2, 0.25) is 5.02 Å². The van der Waals surface area contributed by atoms with Gasteiger partial charge in [-0.25, -0.2) is 0 Å². The number of benzene rings is 2. The Morgan fingerprint density at radius 3 is 2.44 bits per heavy atom. The molecule has 25 heavy (non-hydrogen) atoms. The predicted molar refractivity (Wildman–Crippen MR) is 97.8 cm³/mol. The van der Waals surface area contributed by atoms with E-state index in [0.29, 0.717) is 22.9 Å². The van der Waals surface area contributed by atoms with Crippen molar-refractivity contribution in [3.8, 4) is 5.75 Å². The number of nitrogens with one attached hydrogen (secondary N) is 2. The smallest absolute Gasteiger partial charge is 0.255 e. The van der Waals surface area contributed by atoms with Crippen LogP contribution in [0.5, 0.6) is 5.75 Å². The van der Waals surface area contributed by atoms with Gasteiger partial charge in [-0.15, -0.1) is 0 Å². The van der Waals surface area contributed by atoms with Crippen molar-refractivity contribution in [2.45, 2.75) is 26.5 Å². The highest BCUT2D eigenvalue weighted by atomic mass is 35.5. The molecule has 0 bridgehead atoms. The van der Waals surface area contributed by atoms with Crippen molar-refractivity contribution in [1.29, 1.82) is 0 Å². The van der Waals surface area contributed by atoms with Gasteiger partial charge in [-0.05, 0) is 43.7 Å². The molecule has 0 fully saturated rings. The molecule has 0 saturated heterocycles. The van der Waals surface area contributed by atoms with Crippen molar-refractivity contribution in [3.63, 3.8) is 0 Å². The molecule has 0 saturated carbocycles. The lowest BCUT2D eigenvalue weighted by Crippen LogP contribution is -2.39. The lowest BCUT2D eigenvalue weighted by atomic mass is 10.2. The minimum absolute atomic E-state index is 0.0272. The summed E-state index contributed by atoms with van der Waals surface area (Å²) in [4.78, 5) is 24.0. The molecule has 2 aromatic rings. The van der Waals surface area contributed by atoms with Crippen LogP contribution in [-0.4, -0.2) is 24.4 Å². The highest BCUT2D eigenvalue weighted by molar-refractivity contribution is 6.30. The molecule has 0 spiro atoms. The average molecular weight is 361 g/mol. The largest absolute Gasteiger partial charge is 0.488 e. The Morgan fingerprint density at radius 1 is 1.08 bits per heavy atom. The SMILES string of the molecule is CC(C)NC(=O)CNC(=O)c1ccccc1OCc1ccc(Cl)cc1. The maximum absolute atomic E-state index is 12.3. The number of amides is 2. The second-order valence-electron chi connectivity index (χ2n) is 5.82. The predicted octanol–water partition coefficient (Wildman–Crippen LogP) is 3.17. The fraction of sp³-hybridized carbons (Fsp3) is 0.263. The summed E-state index contributed by atoms with van der Waals surface area (Å²) in [5.41, 5.74) is 1.32. The summed E-state index contributed by atoms with van der Waals surface area (Å²) in [6.07, 6.45) is 0. The molecule has 0 heterocycles. The molecule has 0 aliphatic rings. The number of carbonyl (C=O) groups excluding carboxylic acids is 2. The van der Waals surface area contributed by atoms with Gasteiger partial charge >= 0.3 is 0 Å². The first kappa shape index (κ1) is 18.8. The number of carbonyl (C=O) groups is 2. The highest BCUT2D eigenvalue weighted by Gasteiger charge is 2.13. The molecule has 0 atom stereocenters. The van der Waals surface area contributed by atoms with E-state index in [0.717, 1.165) is 5.56 Å². The van der Waals surface area contributed by atoms with E-state index in [2.05, 4.69) is 10.6 Å². The molecule has 6 heteroatoms. The third kappa shape index (κ3) is 6.12. The number of hydrogen-bond acceptors (Lipinski definition) is 3. The van der Waals surface area contributed by atoms with E-state index in [1.54, 1.807) is 36.4 Å². The van der Waals surface area contributed by atoms with E-state index >= 15 is 0 Å². The molecule has 0 aliphatic carbocycles. The van der Waals surface area contributed by atoms with Crippen LogP contribution in [0, 0.1) is 0 Å². The van der Waals surface area contributed by atoms with Gasteiger partial charge in [0, 0.05) is 11.1 Å². The van der Waals surface area contributed by atoms with Crippen LogP contribution in [0.3, 0.4) is 0 Å². The number of hydrogen-bond donors (Lipinski definition) is 2. The first-order valence-corrected chi connectivity index (χ1v) is 8.37. The molecule has 132 valence electrons. The van der Waals surface area contributed by atoms with E-state index in [4.69, 9.17) is 16.3 Å². The zero-order valence-corrected chi connectivity index (χ0v) is 15.0. The molecular formula is C19H21ClN2O3. The van der Waals surface area contributed by atoms with Gasteiger partial charge in [0.15, 0.2) is 0 Å². The molecule has 2 rings (SSSR count). The van der Waals surface area contributed by atoms with Gasteiger partial charge in [-0.1, -0.05) is 35.9 Å². The minimum atomic E-state index is -0.356. The van der Waals surface area contributed by atoms with Crippen molar-refractivity contribution in [2.24, 2.45) is 0 Å². The molecule has 2 aromatic carbocycles. The summed E-state index contributed by atoms with van der Waals surface area (Å²) < 4.78 is 5.75. The van der Waals surface area contributed by atoms with Gasteiger partial charge in [-0.3, -0.25) is 9.59 Å². The zero-order valence-electron chi connectivity index (χ0n) is 14.2. The van der Waals surface area contributed by atoms with Gasteiger partial charge in [0.1, 0.15) is 12.4 Å². The second kappa shape index (κ2) is 9.08. The first-order chi connectivity index (χ1) is 12.0. The Balaban J connectivity index is 1.98. The quantitative estimate of drug-likeness (QED) is 0.797. The summed E-state index contributed by atoms with van der Waals surface area (Å²) in [7, 11) is 0. The van der Waals surface area contributed by atoms with Crippen LogP contribution in [0.4, 0.5) is 0 Å². The van der Waals surface area contributed by atoms with Gasteiger partial charge < -0.3 is 15.4 Å². The summed E-state index contributed by atoms with van der Waals surface area (Å²) in [5, 5.41) is 5.98. The van der Waals surface area contributed by atoms with E-state index < -0.39 is 0 Å². The fourth-order valence-electron chi connectivity index (χ4n) is 2.15. The normalized spacial score (nSPS) is 10.4. The molecular weight excluding hydrogens is 340 g/mol. The van der Waals surface area contributed by atoms with E-state index in [1.807, 2.05) is 26.0 Å². The van der Waals surface area contributed by atoms with Crippen molar-refractivity contribution < 1.29 is 14.3 Å². The van der Waals surface area contributed by atoms with Crippen molar-refractivity contribution in [2.75, 3.05) is 6.54 Å². The Morgan fingerprint density at radius 2 is 1.76 bits per heavy atom. The van der Waals surface area contributed by atoms with Crippen LogP contribution in [0.25, 0.3) is 0 Å². The summed E-state index contributed by atoms with van der Waals surface area (Å²) in [5.74, 6) is -0.132. The summed E-state index contributed by atoms with van der Waals surface area (Å²) in [6.45, 7) is 3.96. The molecule has 0 aliphatic heterocycles. The number of para-hydroxylation sites is 1. The van der Waals surface area contributed by atoms with Gasteiger partial charge in [-0.2, -0.15) is 0 Å². The maximum Gasteiger partial charge on any atom is 0.255 e. The first-order valence-electron chi connectivity index (χ1n) is 7.99. The number of rotatable bonds is 7. The standard InChI is InChI=1S/C19H21ClN2O3/c1-13(2)22-18(23)11-21-19(24)16-5-3-4-6-17(16)25-12-14-7-9-15(20)10-8-14/h3-10,13H,11-12H2,1-2H3,(H,21,24)(H,22,23). The Kier molecular flexibility index (Phi) is 6.83. The van der Waals surface area contributed by atoms with Gasteiger partial charge in [0.25, 0.3) is 5.91 Å². The van der Waals surface area contributed by atoms with Crippen molar-refractivity contribution >= 4 is 23.4 Å². The maximum atomic E-state index is 12.3. The molecule has 0 aromatic heterocycles. The molecule has 0 unspecified atom stereocenters. The number of ether oxygens (including phenoxy) is 1. The van der Waals surface area contributed by atoms with Crippen LogP contribution in [0.15, 0.2) is 48.5 Å². The van der Waals surface area contributed by atoms with E-state index in [9.17, 15) is 9.59 Å². The molecule has 2 amide bonds. The molecule has 2 N–H and O–H groups in total. The molecule has 5 nitrogen and oxygen atoms in total. The third-order valence-electron chi connectivity index (χ3n) is 3.30. The molecule has 0 radical (unpaired) electrons. The Hall–Kier alpha value is -2.53. The Labute approximate surface area is 152 Å². The van der Waals surface area contributed by atoms with Crippen molar-refractivity contribution in [1.82, 2.24) is 10.6 Å². The zero-order chi connectivity index (χ0) is 18.2. The second-order valence-corrected chi connectivity index (χ2v) is 6.25. The van der Waals surface area contributed by atoms with Crippen LogP contribution in [-0.2, 0) is 11.4 Å². The third-order valence-corrected chi connectivity index (χ3v) is 3.55. The van der Waals surface area contributed by atoms with E-state index in [-0.39, 0.29) is 24.4 Å². The fourth-order valence-corrected chi connectivity index (χ4v) is 2.28. The van der Waals surface area contributed by atoms with Crippen molar-refractivity contribution in [3.05, 3.63) is 64.7 Å². The van der Waals surface area contributed by atoms with Gasteiger partial charge in [0.2, 0.25) is 5.91 Å². The van der Waals surface area contributed by atoms with Crippen LogP contribution < -0.4 is 15.4 Å². The van der Waals surface area contributed by atoms with Crippen LogP contribution >= 0.6 is 11.6 Å². The number of halogens is 1. The monoisotopic (exact) mass is 360 g/mol. The average Bonchev–Trinajstić information content (AvgIpc) is 2.59. The summed E-state index contributed by atoms with van der Waals surface area (Å²) >= 11 is 5.86. The topological polar surface area (TPSA) is 67.4 Å². The van der Waals surface area contributed by atoms with Crippen LogP contribution in [0.1, 0.15) is 29.8 Å². The highest BCUT2D eigenvalue weighted by Crippen LogP contribution is 2.20. The minimum Gasteiger partial charge on any atom is -0.488 e. The lowest BCUT2D eigenvalue weighted by molar-refractivity contribution is -0.120. The lowest BCUT2D eigenvalue weighted by Gasteiger charge is -2.12.